The highest BCUT2D eigenvalue weighted by molar-refractivity contribution is 9.10. The Balaban J connectivity index is 1.55. The maximum atomic E-state index is 14.6. The minimum atomic E-state index is -3.35. The first-order valence-electron chi connectivity index (χ1n) is 13.0. The summed E-state index contributed by atoms with van der Waals surface area (Å²) in [6.07, 6.45) is -2.84. The van der Waals surface area contributed by atoms with E-state index in [1.165, 1.54) is 18.2 Å². The van der Waals surface area contributed by atoms with E-state index < -0.39 is 54.8 Å². The lowest BCUT2D eigenvalue weighted by Gasteiger charge is -2.30. The number of hydrogen-bond acceptors (Lipinski definition) is 5. The number of carbonyl (C=O) groups excluding carboxylic acids is 3. The maximum Gasteiger partial charge on any atom is 0.267 e. The standard InChI is InChI=1S/C30H30BrF2N3O5/c1-18-21(11-7-13-25(18)37)27(39)35-23(14-19-8-3-2-4-9-19)26(38)29(41)36-17-30(32,33)15-24(36)28(40)34-16-20-10-5-6-12-22(20)31/h2-13,23-24,26,37-38H,14-17H2,1H3,(H,34,40)(H,35,39). The smallest absolute Gasteiger partial charge is 0.267 e. The molecule has 1 aliphatic rings. The van der Waals surface area contributed by atoms with Gasteiger partial charge in [0.15, 0.2) is 6.10 Å². The van der Waals surface area contributed by atoms with Gasteiger partial charge in [-0.05, 0) is 42.7 Å². The number of nitrogens with one attached hydrogen (secondary N) is 2. The molecule has 0 spiro atoms. The molecule has 1 fully saturated rings. The monoisotopic (exact) mass is 629 g/mol. The van der Waals surface area contributed by atoms with E-state index in [1.807, 2.05) is 0 Å². The summed E-state index contributed by atoms with van der Waals surface area (Å²) in [5, 5.41) is 26.5. The number of alkyl halides is 2. The summed E-state index contributed by atoms with van der Waals surface area (Å²) >= 11 is 3.37. The number of hydrogen-bond donors (Lipinski definition) is 4. The van der Waals surface area contributed by atoms with Gasteiger partial charge >= 0.3 is 0 Å². The first kappa shape index (κ1) is 30.1. The molecule has 1 aliphatic heterocycles. The summed E-state index contributed by atoms with van der Waals surface area (Å²) in [4.78, 5) is 40.4. The van der Waals surface area contributed by atoms with Gasteiger partial charge in [-0.3, -0.25) is 14.4 Å². The molecular formula is C30H30BrF2N3O5. The minimum Gasteiger partial charge on any atom is -0.508 e. The second kappa shape index (κ2) is 12.8. The molecule has 216 valence electrons. The number of aliphatic hydroxyl groups excluding tert-OH is 1. The van der Waals surface area contributed by atoms with Crippen LogP contribution in [0.3, 0.4) is 0 Å². The van der Waals surface area contributed by atoms with E-state index >= 15 is 0 Å². The lowest BCUT2D eigenvalue weighted by Crippen LogP contribution is -2.56. The van der Waals surface area contributed by atoms with Crippen molar-refractivity contribution >= 4 is 33.7 Å². The summed E-state index contributed by atoms with van der Waals surface area (Å²) in [6.45, 7) is 0.540. The summed E-state index contributed by atoms with van der Waals surface area (Å²) in [6, 6.07) is 17.5. The Morgan fingerprint density at radius 3 is 2.44 bits per heavy atom. The average Bonchev–Trinajstić information content (AvgIpc) is 3.28. The first-order chi connectivity index (χ1) is 19.5. The molecule has 1 heterocycles. The van der Waals surface area contributed by atoms with Crippen LogP contribution in [-0.4, -0.2) is 63.5 Å². The van der Waals surface area contributed by atoms with Crippen molar-refractivity contribution in [2.24, 2.45) is 0 Å². The molecule has 3 unspecified atom stereocenters. The number of amides is 3. The fraction of sp³-hybridized carbons (Fsp3) is 0.300. The summed E-state index contributed by atoms with van der Waals surface area (Å²) in [5.41, 5.74) is 1.81. The highest BCUT2D eigenvalue weighted by Crippen LogP contribution is 2.33. The van der Waals surface area contributed by atoms with E-state index in [4.69, 9.17) is 0 Å². The van der Waals surface area contributed by atoms with Crippen LogP contribution in [0.25, 0.3) is 0 Å². The van der Waals surface area contributed by atoms with Gasteiger partial charge in [0.25, 0.3) is 17.7 Å². The summed E-state index contributed by atoms with van der Waals surface area (Å²) in [5.74, 6) is -6.00. The topological polar surface area (TPSA) is 119 Å². The van der Waals surface area contributed by atoms with Gasteiger partial charge < -0.3 is 25.7 Å². The van der Waals surface area contributed by atoms with Crippen LogP contribution in [0, 0.1) is 6.92 Å². The van der Waals surface area contributed by atoms with Gasteiger partial charge in [0.2, 0.25) is 5.91 Å². The SMILES string of the molecule is Cc1c(O)cccc1C(=O)NC(Cc1ccccc1)C(O)C(=O)N1CC(F)(F)CC1C(=O)NCc1ccccc1Br. The van der Waals surface area contributed by atoms with Crippen molar-refractivity contribution in [3.8, 4) is 5.75 Å². The van der Waals surface area contributed by atoms with Crippen LogP contribution in [0.15, 0.2) is 77.3 Å². The van der Waals surface area contributed by atoms with E-state index in [2.05, 4.69) is 26.6 Å². The van der Waals surface area contributed by atoms with Crippen molar-refractivity contribution in [1.82, 2.24) is 15.5 Å². The zero-order valence-electron chi connectivity index (χ0n) is 22.2. The van der Waals surface area contributed by atoms with Gasteiger partial charge in [-0.2, -0.15) is 0 Å². The van der Waals surface area contributed by atoms with E-state index in [1.54, 1.807) is 61.5 Å². The fourth-order valence-electron chi connectivity index (χ4n) is 4.79. The van der Waals surface area contributed by atoms with E-state index in [0.717, 1.165) is 10.0 Å². The van der Waals surface area contributed by atoms with Crippen molar-refractivity contribution in [2.75, 3.05) is 6.54 Å². The zero-order chi connectivity index (χ0) is 29.7. The number of halogens is 3. The third-order valence-corrected chi connectivity index (χ3v) is 7.84. The molecule has 0 aliphatic carbocycles. The number of benzene rings is 3. The van der Waals surface area contributed by atoms with E-state index in [9.17, 15) is 33.4 Å². The Morgan fingerprint density at radius 2 is 1.73 bits per heavy atom. The Kier molecular flexibility index (Phi) is 9.39. The van der Waals surface area contributed by atoms with Crippen molar-refractivity contribution in [1.29, 1.82) is 0 Å². The number of nitrogens with zero attached hydrogens (tertiary/aromatic N) is 1. The number of phenolic OH excluding ortho intramolecular Hbond substituents is 1. The third-order valence-electron chi connectivity index (χ3n) is 7.07. The molecule has 1 saturated heterocycles. The van der Waals surface area contributed by atoms with Gasteiger partial charge in [0, 0.05) is 28.6 Å². The number of rotatable bonds is 9. The van der Waals surface area contributed by atoms with Crippen LogP contribution in [-0.2, 0) is 22.6 Å². The highest BCUT2D eigenvalue weighted by Gasteiger charge is 2.51. The Bertz CT molecular complexity index is 1420. The van der Waals surface area contributed by atoms with Crippen molar-refractivity contribution < 1.29 is 33.4 Å². The maximum absolute atomic E-state index is 14.6. The van der Waals surface area contributed by atoms with Crippen LogP contribution in [0.5, 0.6) is 5.75 Å². The zero-order valence-corrected chi connectivity index (χ0v) is 23.8. The number of phenols is 1. The first-order valence-corrected chi connectivity index (χ1v) is 13.8. The molecule has 3 aromatic rings. The third kappa shape index (κ3) is 7.28. The van der Waals surface area contributed by atoms with Gasteiger partial charge in [0.05, 0.1) is 12.6 Å². The van der Waals surface area contributed by atoms with Gasteiger partial charge in [0.1, 0.15) is 11.8 Å². The number of aliphatic hydroxyl groups is 1. The molecule has 4 N–H and O–H groups in total. The second-order valence-corrected chi connectivity index (χ2v) is 10.9. The lowest BCUT2D eigenvalue weighted by molar-refractivity contribution is -0.147. The van der Waals surface area contributed by atoms with Crippen molar-refractivity contribution in [3.05, 3.63) is 99.5 Å². The van der Waals surface area contributed by atoms with Gasteiger partial charge in [-0.1, -0.05) is 70.5 Å². The van der Waals surface area contributed by atoms with Crippen molar-refractivity contribution in [2.45, 2.75) is 50.4 Å². The van der Waals surface area contributed by atoms with Gasteiger partial charge in [-0.15, -0.1) is 0 Å². The average molecular weight is 630 g/mol. The van der Waals surface area contributed by atoms with E-state index in [0.29, 0.717) is 16.0 Å². The number of carbonyl (C=O) groups is 3. The van der Waals surface area contributed by atoms with Crippen LogP contribution in [0.2, 0.25) is 0 Å². The summed E-state index contributed by atoms with van der Waals surface area (Å²) in [7, 11) is 0. The lowest BCUT2D eigenvalue weighted by atomic mass is 9.98. The molecule has 11 heteroatoms. The number of likely N-dealkylation sites (tertiary alicyclic amines) is 1. The molecule has 4 rings (SSSR count). The minimum absolute atomic E-state index is 0.000476. The van der Waals surface area contributed by atoms with Crippen LogP contribution in [0.4, 0.5) is 8.78 Å². The molecule has 3 aromatic carbocycles. The molecule has 8 nitrogen and oxygen atoms in total. The van der Waals surface area contributed by atoms with Crippen molar-refractivity contribution in [3.63, 3.8) is 0 Å². The Hall–Kier alpha value is -3.83. The molecule has 0 saturated carbocycles. The molecule has 0 bridgehead atoms. The van der Waals surface area contributed by atoms with Crippen LogP contribution < -0.4 is 10.6 Å². The normalized spacial score (nSPS) is 17.5. The molecule has 0 radical (unpaired) electrons. The quantitative estimate of drug-likeness (QED) is 0.288. The molecule has 41 heavy (non-hydrogen) atoms. The predicted molar refractivity (Wildman–Crippen MR) is 151 cm³/mol. The number of aromatic hydroxyl groups is 1. The Morgan fingerprint density at radius 1 is 1.05 bits per heavy atom. The van der Waals surface area contributed by atoms with Crippen LogP contribution in [0.1, 0.15) is 33.5 Å². The molecule has 0 aromatic heterocycles. The summed E-state index contributed by atoms with van der Waals surface area (Å²) < 4.78 is 29.8. The van der Waals surface area contributed by atoms with Gasteiger partial charge in [-0.25, -0.2) is 8.78 Å². The molecule has 3 amide bonds. The predicted octanol–water partition coefficient (Wildman–Crippen LogP) is 3.72. The molecular weight excluding hydrogens is 600 g/mol. The second-order valence-electron chi connectivity index (χ2n) is 10.0. The van der Waals surface area contributed by atoms with Crippen LogP contribution >= 0.6 is 15.9 Å². The van der Waals surface area contributed by atoms with E-state index in [-0.39, 0.29) is 24.3 Å². The highest BCUT2D eigenvalue weighted by atomic mass is 79.9. The fourth-order valence-corrected chi connectivity index (χ4v) is 5.22. The molecule has 3 atom stereocenters. The largest absolute Gasteiger partial charge is 0.508 e. The Labute approximate surface area is 244 Å².